The van der Waals surface area contributed by atoms with Gasteiger partial charge in [0.15, 0.2) is 5.69 Å². The van der Waals surface area contributed by atoms with E-state index in [1.807, 2.05) is 31.2 Å². The van der Waals surface area contributed by atoms with Crippen LogP contribution in [-0.4, -0.2) is 27.7 Å². The SMILES string of the molecule is C=CCNC(=O)c1nc(C(=O)NCc2ccc(C)cc2)n2ccccc12. The van der Waals surface area contributed by atoms with Crippen LogP contribution >= 0.6 is 0 Å². The van der Waals surface area contributed by atoms with Gasteiger partial charge in [-0.2, -0.15) is 0 Å². The molecule has 1 aromatic carbocycles. The molecule has 6 nitrogen and oxygen atoms in total. The predicted molar refractivity (Wildman–Crippen MR) is 100 cm³/mol. The number of amides is 2. The number of fused-ring (bicyclic) bond motifs is 1. The Hall–Kier alpha value is -3.41. The van der Waals surface area contributed by atoms with Crippen molar-refractivity contribution in [2.75, 3.05) is 6.54 Å². The molecular weight excluding hydrogens is 328 g/mol. The number of nitrogens with zero attached hydrogens (tertiary/aromatic N) is 2. The lowest BCUT2D eigenvalue weighted by Crippen LogP contribution is -2.26. The summed E-state index contributed by atoms with van der Waals surface area (Å²) in [4.78, 5) is 29.2. The molecule has 0 aliphatic rings. The van der Waals surface area contributed by atoms with Crippen molar-refractivity contribution in [2.24, 2.45) is 0 Å². The number of rotatable bonds is 6. The Morgan fingerprint density at radius 2 is 1.88 bits per heavy atom. The van der Waals surface area contributed by atoms with Crippen LogP contribution in [0.1, 0.15) is 32.2 Å². The van der Waals surface area contributed by atoms with E-state index in [0.29, 0.717) is 18.6 Å². The number of nitrogens with one attached hydrogen (secondary N) is 2. The molecule has 0 bridgehead atoms. The van der Waals surface area contributed by atoms with Crippen molar-refractivity contribution in [2.45, 2.75) is 13.5 Å². The van der Waals surface area contributed by atoms with E-state index < -0.39 is 0 Å². The minimum Gasteiger partial charge on any atom is -0.347 e. The van der Waals surface area contributed by atoms with E-state index in [2.05, 4.69) is 22.2 Å². The maximum absolute atomic E-state index is 12.6. The number of aromatic nitrogens is 2. The van der Waals surface area contributed by atoms with Crippen molar-refractivity contribution >= 4 is 17.3 Å². The van der Waals surface area contributed by atoms with E-state index in [9.17, 15) is 9.59 Å². The Morgan fingerprint density at radius 3 is 2.62 bits per heavy atom. The Labute approximate surface area is 151 Å². The van der Waals surface area contributed by atoms with Gasteiger partial charge in [-0.15, -0.1) is 6.58 Å². The van der Waals surface area contributed by atoms with Crippen LogP contribution in [0.4, 0.5) is 0 Å². The summed E-state index contributed by atoms with van der Waals surface area (Å²) < 4.78 is 1.62. The van der Waals surface area contributed by atoms with Crippen LogP contribution in [0.15, 0.2) is 61.3 Å². The molecule has 2 aromatic heterocycles. The molecule has 3 rings (SSSR count). The standard InChI is InChI=1S/C20H20N4O2/c1-3-11-21-19(25)17-16-6-4-5-12-24(16)18(23-17)20(26)22-13-15-9-7-14(2)8-10-15/h3-10,12H,1,11,13H2,2H3,(H,21,25)(H,22,26). The highest BCUT2D eigenvalue weighted by atomic mass is 16.2. The number of aryl methyl sites for hydroxylation is 1. The minimum atomic E-state index is -0.341. The number of imidazole rings is 1. The lowest BCUT2D eigenvalue weighted by atomic mass is 10.1. The van der Waals surface area contributed by atoms with Crippen LogP contribution in [0, 0.1) is 6.92 Å². The van der Waals surface area contributed by atoms with Crippen molar-refractivity contribution in [3.63, 3.8) is 0 Å². The van der Waals surface area contributed by atoms with Gasteiger partial charge in [0, 0.05) is 19.3 Å². The maximum Gasteiger partial charge on any atom is 0.287 e. The molecule has 0 aliphatic heterocycles. The van der Waals surface area contributed by atoms with E-state index in [1.165, 1.54) is 0 Å². The summed E-state index contributed by atoms with van der Waals surface area (Å²) in [6.07, 6.45) is 3.30. The molecule has 26 heavy (non-hydrogen) atoms. The molecule has 0 atom stereocenters. The minimum absolute atomic E-state index is 0.177. The maximum atomic E-state index is 12.6. The normalized spacial score (nSPS) is 10.5. The van der Waals surface area contributed by atoms with Gasteiger partial charge in [-0.1, -0.05) is 42.0 Å². The molecule has 0 spiro atoms. The van der Waals surface area contributed by atoms with E-state index in [-0.39, 0.29) is 23.3 Å². The number of hydrogen-bond acceptors (Lipinski definition) is 3. The van der Waals surface area contributed by atoms with Crippen LogP contribution in [0.3, 0.4) is 0 Å². The smallest absolute Gasteiger partial charge is 0.287 e. The summed E-state index contributed by atoms with van der Waals surface area (Å²) in [5.41, 5.74) is 2.95. The molecule has 0 saturated carbocycles. The second-order valence-corrected chi connectivity index (χ2v) is 5.91. The molecule has 0 unspecified atom stereocenters. The van der Waals surface area contributed by atoms with Gasteiger partial charge in [0.2, 0.25) is 5.82 Å². The van der Waals surface area contributed by atoms with E-state index in [4.69, 9.17) is 0 Å². The highest BCUT2D eigenvalue weighted by molar-refractivity contribution is 6.02. The molecule has 0 fully saturated rings. The monoisotopic (exact) mass is 348 g/mol. The number of pyridine rings is 1. The zero-order chi connectivity index (χ0) is 18.5. The molecule has 2 heterocycles. The van der Waals surface area contributed by atoms with Crippen LogP contribution in [-0.2, 0) is 6.54 Å². The fourth-order valence-corrected chi connectivity index (χ4v) is 2.58. The summed E-state index contributed by atoms with van der Waals surface area (Å²) in [6.45, 7) is 6.31. The average Bonchev–Trinajstić information content (AvgIpc) is 3.05. The molecule has 2 amide bonds. The molecule has 2 N–H and O–H groups in total. The summed E-state index contributed by atoms with van der Waals surface area (Å²) in [5.74, 6) is -0.503. The van der Waals surface area contributed by atoms with Crippen molar-refractivity contribution in [3.8, 4) is 0 Å². The van der Waals surface area contributed by atoms with E-state index in [0.717, 1.165) is 11.1 Å². The first-order chi connectivity index (χ1) is 12.6. The van der Waals surface area contributed by atoms with Gasteiger partial charge in [-0.05, 0) is 24.6 Å². The van der Waals surface area contributed by atoms with Crippen molar-refractivity contribution < 1.29 is 9.59 Å². The van der Waals surface area contributed by atoms with Gasteiger partial charge in [0.05, 0.1) is 5.52 Å². The third-order valence-corrected chi connectivity index (χ3v) is 3.95. The highest BCUT2D eigenvalue weighted by Gasteiger charge is 2.20. The zero-order valence-corrected chi connectivity index (χ0v) is 14.5. The predicted octanol–water partition coefficient (Wildman–Crippen LogP) is 2.49. The summed E-state index contributed by atoms with van der Waals surface area (Å²) >= 11 is 0. The van der Waals surface area contributed by atoms with Crippen molar-refractivity contribution in [3.05, 3.63) is 84.0 Å². The summed E-state index contributed by atoms with van der Waals surface area (Å²) in [6, 6.07) is 13.3. The molecule has 132 valence electrons. The van der Waals surface area contributed by atoms with Crippen molar-refractivity contribution in [1.82, 2.24) is 20.0 Å². The second kappa shape index (κ2) is 7.65. The largest absolute Gasteiger partial charge is 0.347 e. The Kier molecular flexibility index (Phi) is 5.12. The molecule has 0 saturated heterocycles. The van der Waals surface area contributed by atoms with Gasteiger partial charge in [0.25, 0.3) is 11.8 Å². The molecule has 6 heteroatoms. The Bertz CT molecular complexity index is 958. The van der Waals surface area contributed by atoms with Crippen molar-refractivity contribution in [1.29, 1.82) is 0 Å². The lowest BCUT2D eigenvalue weighted by molar-refractivity contribution is 0.0940. The van der Waals surface area contributed by atoms with Crippen LogP contribution < -0.4 is 10.6 Å². The molecule has 0 radical (unpaired) electrons. The number of carbonyl (C=O) groups excluding carboxylic acids is 2. The summed E-state index contributed by atoms with van der Waals surface area (Å²) in [5, 5.41) is 5.54. The van der Waals surface area contributed by atoms with Gasteiger partial charge in [-0.25, -0.2) is 4.98 Å². The Morgan fingerprint density at radius 1 is 1.12 bits per heavy atom. The van der Waals surface area contributed by atoms with E-state index in [1.54, 1.807) is 34.9 Å². The van der Waals surface area contributed by atoms with Crippen LogP contribution in [0.5, 0.6) is 0 Å². The van der Waals surface area contributed by atoms with Gasteiger partial charge < -0.3 is 10.6 Å². The molecule has 3 aromatic rings. The summed E-state index contributed by atoms with van der Waals surface area (Å²) in [7, 11) is 0. The first-order valence-corrected chi connectivity index (χ1v) is 8.30. The third-order valence-electron chi connectivity index (χ3n) is 3.95. The Balaban J connectivity index is 1.84. The average molecular weight is 348 g/mol. The number of benzene rings is 1. The molecule has 0 aliphatic carbocycles. The second-order valence-electron chi connectivity index (χ2n) is 5.91. The van der Waals surface area contributed by atoms with E-state index >= 15 is 0 Å². The molecular formula is C20H20N4O2. The lowest BCUT2D eigenvalue weighted by Gasteiger charge is -2.05. The first kappa shape index (κ1) is 17.4. The van der Waals surface area contributed by atoms with Crippen LogP contribution in [0.2, 0.25) is 0 Å². The topological polar surface area (TPSA) is 75.5 Å². The fourth-order valence-electron chi connectivity index (χ4n) is 2.58. The van der Waals surface area contributed by atoms with Gasteiger partial charge in [0.1, 0.15) is 0 Å². The fraction of sp³-hybridized carbons (Fsp3) is 0.150. The van der Waals surface area contributed by atoms with Gasteiger partial charge in [-0.3, -0.25) is 14.0 Å². The van der Waals surface area contributed by atoms with Gasteiger partial charge >= 0.3 is 0 Å². The highest BCUT2D eigenvalue weighted by Crippen LogP contribution is 2.13. The van der Waals surface area contributed by atoms with Crippen LogP contribution in [0.25, 0.3) is 5.52 Å². The quantitative estimate of drug-likeness (QED) is 0.672. The first-order valence-electron chi connectivity index (χ1n) is 8.30. The zero-order valence-electron chi connectivity index (χ0n) is 14.5. The number of carbonyl (C=O) groups is 2. The number of hydrogen-bond donors (Lipinski definition) is 2. The third kappa shape index (κ3) is 3.64.